The normalized spacial score (nSPS) is 13.0. The molecule has 0 radical (unpaired) electrons. The molecule has 0 amide bonds. The predicted molar refractivity (Wildman–Crippen MR) is 252 cm³/mol. The van der Waals surface area contributed by atoms with Crippen LogP contribution in [0.3, 0.4) is 0 Å². The van der Waals surface area contributed by atoms with E-state index in [4.69, 9.17) is 15.0 Å². The van der Waals surface area contributed by atoms with Gasteiger partial charge in [-0.15, -0.1) is 0 Å². The summed E-state index contributed by atoms with van der Waals surface area (Å²) in [6.07, 6.45) is 0. The van der Waals surface area contributed by atoms with Crippen LogP contribution in [-0.2, 0) is 5.41 Å². The van der Waals surface area contributed by atoms with Crippen LogP contribution in [0.2, 0.25) is 0 Å². The Balaban J connectivity index is 0.996. The molecule has 2 heterocycles. The molecule has 9 aromatic carbocycles. The molecular weight excluding hydrogens is 753 g/mol. The van der Waals surface area contributed by atoms with Gasteiger partial charge in [0.1, 0.15) is 0 Å². The van der Waals surface area contributed by atoms with E-state index < -0.39 is 0 Å². The van der Waals surface area contributed by atoms with Crippen molar-refractivity contribution in [2.75, 3.05) is 0 Å². The molecule has 2 aliphatic carbocycles. The van der Waals surface area contributed by atoms with E-state index in [1.54, 1.807) is 0 Å². The van der Waals surface area contributed by atoms with Gasteiger partial charge >= 0.3 is 0 Å². The van der Waals surface area contributed by atoms with Gasteiger partial charge in [0, 0.05) is 21.9 Å². The third-order valence-corrected chi connectivity index (χ3v) is 13.1. The van der Waals surface area contributed by atoms with Gasteiger partial charge in [-0.2, -0.15) is 9.97 Å². The summed E-state index contributed by atoms with van der Waals surface area (Å²) >= 11 is 0. The summed E-state index contributed by atoms with van der Waals surface area (Å²) in [6.45, 7) is 0. The number of aromatic nitrogens is 4. The maximum absolute atomic E-state index is 5.31. The van der Waals surface area contributed by atoms with Gasteiger partial charge in [0.2, 0.25) is 5.95 Å². The number of hydrogen-bond donors (Lipinski definition) is 0. The zero-order valence-corrected chi connectivity index (χ0v) is 33.6. The third kappa shape index (κ3) is 4.92. The van der Waals surface area contributed by atoms with Crippen molar-refractivity contribution in [2.24, 2.45) is 0 Å². The molecule has 0 fully saturated rings. The van der Waals surface area contributed by atoms with Gasteiger partial charge in [0.15, 0.2) is 11.6 Å². The summed E-state index contributed by atoms with van der Waals surface area (Å²) in [7, 11) is 0. The molecule has 0 aliphatic heterocycles. The van der Waals surface area contributed by atoms with Crippen molar-refractivity contribution in [3.05, 3.63) is 241 Å². The minimum Gasteiger partial charge on any atom is -0.278 e. The van der Waals surface area contributed by atoms with Gasteiger partial charge < -0.3 is 0 Å². The van der Waals surface area contributed by atoms with Crippen LogP contribution in [-0.4, -0.2) is 19.5 Å². The number of rotatable bonds is 5. The van der Waals surface area contributed by atoms with Crippen LogP contribution in [0.1, 0.15) is 22.3 Å². The first kappa shape index (κ1) is 34.6. The number of fused-ring (bicyclic) bond motifs is 13. The maximum atomic E-state index is 5.31. The zero-order chi connectivity index (χ0) is 40.8. The first-order valence-corrected chi connectivity index (χ1v) is 21.2. The molecule has 0 saturated carbocycles. The highest BCUT2D eigenvalue weighted by Gasteiger charge is 2.51. The molecule has 288 valence electrons. The van der Waals surface area contributed by atoms with E-state index in [0.29, 0.717) is 17.6 Å². The minimum absolute atomic E-state index is 0.362. The van der Waals surface area contributed by atoms with Crippen LogP contribution in [0.15, 0.2) is 218 Å². The van der Waals surface area contributed by atoms with Crippen molar-refractivity contribution in [3.8, 4) is 73.2 Å². The van der Waals surface area contributed by atoms with Crippen molar-refractivity contribution < 1.29 is 0 Å². The fourth-order valence-electron chi connectivity index (χ4n) is 10.5. The van der Waals surface area contributed by atoms with Gasteiger partial charge in [-0.25, -0.2) is 4.98 Å². The minimum atomic E-state index is -0.362. The predicted octanol–water partition coefficient (Wildman–Crippen LogP) is 14.0. The Kier molecular flexibility index (Phi) is 7.49. The fourth-order valence-corrected chi connectivity index (χ4v) is 10.5. The van der Waals surface area contributed by atoms with Crippen LogP contribution < -0.4 is 0 Å². The van der Waals surface area contributed by atoms with Crippen LogP contribution in [0.25, 0.3) is 95.0 Å². The Hall–Kier alpha value is -8.21. The molecule has 4 nitrogen and oxygen atoms in total. The summed E-state index contributed by atoms with van der Waals surface area (Å²) < 4.78 is 2.20. The van der Waals surface area contributed by atoms with Crippen LogP contribution in [0, 0.1) is 0 Å². The smallest absolute Gasteiger partial charge is 0.238 e. The summed E-state index contributed by atoms with van der Waals surface area (Å²) in [4.78, 5) is 15.7. The summed E-state index contributed by atoms with van der Waals surface area (Å²) in [5.41, 5.74) is 18.7. The lowest BCUT2D eigenvalue weighted by Crippen LogP contribution is -2.25. The van der Waals surface area contributed by atoms with E-state index in [-0.39, 0.29) is 5.41 Å². The maximum Gasteiger partial charge on any atom is 0.238 e. The lowest BCUT2D eigenvalue weighted by Gasteiger charge is -2.30. The SMILES string of the molecule is c1ccc(-c2nc(-c3ccccc3-c3ccccc3)nc(-n3c4ccccc4c4cc(-c5ccc6c(c5)-c5ccccc5C65c6ccccc6-c6ccccc65)ccc43)n2)cc1. The van der Waals surface area contributed by atoms with Gasteiger partial charge in [-0.1, -0.05) is 194 Å². The number of benzene rings is 9. The third-order valence-electron chi connectivity index (χ3n) is 13.1. The molecule has 2 aliphatic rings. The van der Waals surface area contributed by atoms with E-state index >= 15 is 0 Å². The van der Waals surface area contributed by atoms with Gasteiger partial charge in [0.05, 0.1) is 16.4 Å². The Morgan fingerprint density at radius 2 is 0.774 bits per heavy atom. The number of para-hydroxylation sites is 1. The molecule has 0 N–H and O–H groups in total. The van der Waals surface area contributed by atoms with Gasteiger partial charge in [-0.05, 0) is 91.0 Å². The van der Waals surface area contributed by atoms with Crippen molar-refractivity contribution >= 4 is 21.8 Å². The molecule has 62 heavy (non-hydrogen) atoms. The van der Waals surface area contributed by atoms with Crippen LogP contribution in [0.4, 0.5) is 0 Å². The Morgan fingerprint density at radius 1 is 0.290 bits per heavy atom. The highest BCUT2D eigenvalue weighted by atomic mass is 15.2. The van der Waals surface area contributed by atoms with Gasteiger partial charge in [-0.3, -0.25) is 4.57 Å². The second kappa shape index (κ2) is 13.4. The van der Waals surface area contributed by atoms with Crippen LogP contribution >= 0.6 is 0 Å². The highest BCUT2D eigenvalue weighted by Crippen LogP contribution is 2.63. The zero-order valence-electron chi connectivity index (χ0n) is 33.6. The average molecular weight is 789 g/mol. The molecule has 4 heteroatoms. The van der Waals surface area contributed by atoms with E-state index in [1.807, 2.05) is 24.3 Å². The average Bonchev–Trinajstić information content (AvgIpc) is 3.96. The second-order valence-corrected chi connectivity index (χ2v) is 16.3. The van der Waals surface area contributed by atoms with Crippen molar-refractivity contribution in [1.29, 1.82) is 0 Å². The molecule has 1 spiro atoms. The van der Waals surface area contributed by atoms with Crippen molar-refractivity contribution in [2.45, 2.75) is 5.41 Å². The van der Waals surface area contributed by atoms with E-state index in [9.17, 15) is 0 Å². The Morgan fingerprint density at radius 3 is 1.47 bits per heavy atom. The molecule has 0 bridgehead atoms. The highest BCUT2D eigenvalue weighted by molar-refractivity contribution is 6.10. The quantitative estimate of drug-likeness (QED) is 0.174. The lowest BCUT2D eigenvalue weighted by atomic mass is 9.70. The van der Waals surface area contributed by atoms with Gasteiger partial charge in [0.25, 0.3) is 0 Å². The molecule has 0 saturated heterocycles. The second-order valence-electron chi connectivity index (χ2n) is 16.3. The van der Waals surface area contributed by atoms with Crippen molar-refractivity contribution in [3.63, 3.8) is 0 Å². The molecule has 13 rings (SSSR count). The van der Waals surface area contributed by atoms with E-state index in [0.717, 1.165) is 49.6 Å². The standard InChI is InChI=1S/C58H36N4/c1-3-17-37(18-4-1)41-21-7-8-26-46(41)56-59-55(38-19-5-2-6-20-38)60-57(61-56)62-53-30-16-12-25-45(53)48-36-40(32-34-54(48)62)39-31-33-52-47(35-39)44-24-11-15-29-51(44)58(52)49-27-13-9-22-42(49)43-23-10-14-28-50(43)58/h1-36H. The topological polar surface area (TPSA) is 43.6 Å². The Bertz CT molecular complexity index is 3540. The van der Waals surface area contributed by atoms with E-state index in [1.165, 1.54) is 50.1 Å². The summed E-state index contributed by atoms with van der Waals surface area (Å²) in [6, 6.07) is 78.5. The summed E-state index contributed by atoms with van der Waals surface area (Å²) in [5.74, 6) is 1.83. The molecule has 11 aromatic rings. The molecule has 0 atom stereocenters. The lowest BCUT2D eigenvalue weighted by molar-refractivity contribution is 0.794. The number of nitrogens with zero attached hydrogens (tertiary/aromatic N) is 4. The fraction of sp³-hybridized carbons (Fsp3) is 0.0172. The molecule has 0 unspecified atom stereocenters. The largest absolute Gasteiger partial charge is 0.278 e. The first-order valence-electron chi connectivity index (χ1n) is 21.2. The number of hydrogen-bond acceptors (Lipinski definition) is 3. The first-order chi connectivity index (χ1) is 30.8. The van der Waals surface area contributed by atoms with Crippen molar-refractivity contribution in [1.82, 2.24) is 19.5 Å². The molecule has 2 aromatic heterocycles. The van der Waals surface area contributed by atoms with E-state index in [2.05, 4.69) is 199 Å². The molecular formula is C58H36N4. The monoisotopic (exact) mass is 788 g/mol. The Labute approximate surface area is 359 Å². The summed E-state index contributed by atoms with van der Waals surface area (Å²) in [5, 5.41) is 2.28. The van der Waals surface area contributed by atoms with Crippen LogP contribution in [0.5, 0.6) is 0 Å².